The van der Waals surface area contributed by atoms with E-state index in [1.807, 2.05) is 22.6 Å². The molecular formula is C10H10INO4. The fourth-order valence-electron chi connectivity index (χ4n) is 1.24. The SMILES string of the molecule is CCOc1cc([N+](=O)[O-])c(C(C)=O)cc1I. The van der Waals surface area contributed by atoms with Gasteiger partial charge in [-0.2, -0.15) is 0 Å². The van der Waals surface area contributed by atoms with Crippen LogP contribution in [0.2, 0.25) is 0 Å². The van der Waals surface area contributed by atoms with Crippen molar-refractivity contribution >= 4 is 34.1 Å². The van der Waals surface area contributed by atoms with E-state index in [9.17, 15) is 14.9 Å². The quantitative estimate of drug-likeness (QED) is 0.367. The Kier molecular flexibility index (Phi) is 4.22. The van der Waals surface area contributed by atoms with Gasteiger partial charge in [0, 0.05) is 0 Å². The molecule has 0 spiro atoms. The topological polar surface area (TPSA) is 69.4 Å². The Bertz CT molecular complexity index is 445. The second-order valence-electron chi connectivity index (χ2n) is 3.05. The summed E-state index contributed by atoms with van der Waals surface area (Å²) in [7, 11) is 0. The average molecular weight is 335 g/mol. The summed E-state index contributed by atoms with van der Waals surface area (Å²) >= 11 is 1.98. The molecule has 0 aliphatic rings. The second-order valence-corrected chi connectivity index (χ2v) is 4.21. The Hall–Kier alpha value is -1.18. The number of hydrogen-bond donors (Lipinski definition) is 0. The molecule has 1 aromatic rings. The molecule has 86 valence electrons. The van der Waals surface area contributed by atoms with Crippen LogP contribution in [0.4, 0.5) is 5.69 Å². The lowest BCUT2D eigenvalue weighted by Crippen LogP contribution is -2.03. The van der Waals surface area contributed by atoms with Gasteiger partial charge in [0.2, 0.25) is 0 Å². The van der Waals surface area contributed by atoms with Crippen molar-refractivity contribution in [1.82, 2.24) is 0 Å². The van der Waals surface area contributed by atoms with Crippen LogP contribution in [0.5, 0.6) is 5.75 Å². The molecule has 6 heteroatoms. The summed E-state index contributed by atoms with van der Waals surface area (Å²) in [4.78, 5) is 21.5. The Morgan fingerprint density at radius 3 is 2.62 bits per heavy atom. The lowest BCUT2D eigenvalue weighted by Gasteiger charge is -2.07. The predicted molar refractivity (Wildman–Crippen MR) is 67.0 cm³/mol. The van der Waals surface area contributed by atoms with Gasteiger partial charge in [-0.25, -0.2) is 0 Å². The van der Waals surface area contributed by atoms with Gasteiger partial charge >= 0.3 is 0 Å². The number of carbonyl (C=O) groups excluding carboxylic acids is 1. The number of hydrogen-bond acceptors (Lipinski definition) is 4. The molecule has 0 amide bonds. The first-order valence-corrected chi connectivity index (χ1v) is 5.67. The van der Waals surface area contributed by atoms with Gasteiger partial charge in [-0.1, -0.05) is 0 Å². The molecule has 0 atom stereocenters. The van der Waals surface area contributed by atoms with E-state index in [-0.39, 0.29) is 17.0 Å². The van der Waals surface area contributed by atoms with Crippen LogP contribution in [0, 0.1) is 13.7 Å². The summed E-state index contributed by atoms with van der Waals surface area (Å²) in [5.41, 5.74) is -0.103. The zero-order valence-corrected chi connectivity index (χ0v) is 11.0. The van der Waals surface area contributed by atoms with E-state index in [0.29, 0.717) is 15.9 Å². The lowest BCUT2D eigenvalue weighted by molar-refractivity contribution is -0.385. The molecule has 0 bridgehead atoms. The summed E-state index contributed by atoms with van der Waals surface area (Å²) in [5, 5.41) is 10.8. The first-order valence-electron chi connectivity index (χ1n) is 4.59. The zero-order chi connectivity index (χ0) is 12.3. The first kappa shape index (κ1) is 12.9. The largest absolute Gasteiger partial charge is 0.493 e. The summed E-state index contributed by atoms with van der Waals surface area (Å²) in [5.74, 6) is 0.104. The molecule has 5 nitrogen and oxygen atoms in total. The van der Waals surface area contributed by atoms with Gasteiger partial charge in [0.15, 0.2) is 5.78 Å². The Morgan fingerprint density at radius 1 is 1.56 bits per heavy atom. The smallest absolute Gasteiger partial charge is 0.283 e. The van der Waals surface area contributed by atoms with E-state index in [4.69, 9.17) is 4.74 Å². The maximum Gasteiger partial charge on any atom is 0.283 e. The predicted octanol–water partition coefficient (Wildman–Crippen LogP) is 2.80. The van der Waals surface area contributed by atoms with Gasteiger partial charge in [-0.15, -0.1) is 0 Å². The zero-order valence-electron chi connectivity index (χ0n) is 8.82. The van der Waals surface area contributed by atoms with Gasteiger partial charge < -0.3 is 4.74 Å². The highest BCUT2D eigenvalue weighted by Crippen LogP contribution is 2.30. The minimum absolute atomic E-state index is 0.109. The number of benzene rings is 1. The van der Waals surface area contributed by atoms with E-state index in [2.05, 4.69) is 0 Å². The molecule has 0 aromatic heterocycles. The number of rotatable bonds is 4. The van der Waals surface area contributed by atoms with Crippen molar-refractivity contribution in [3.63, 3.8) is 0 Å². The minimum atomic E-state index is -0.574. The number of nitrogens with zero attached hydrogens (tertiary/aromatic N) is 1. The van der Waals surface area contributed by atoms with Crippen LogP contribution in [0.3, 0.4) is 0 Å². The molecule has 0 aliphatic heterocycles. The molecule has 1 aromatic carbocycles. The van der Waals surface area contributed by atoms with E-state index in [0.717, 1.165) is 0 Å². The van der Waals surface area contributed by atoms with Crippen LogP contribution in [-0.4, -0.2) is 17.3 Å². The van der Waals surface area contributed by atoms with E-state index >= 15 is 0 Å². The number of nitro groups is 1. The second kappa shape index (κ2) is 5.24. The highest BCUT2D eigenvalue weighted by molar-refractivity contribution is 14.1. The molecule has 0 saturated carbocycles. The van der Waals surface area contributed by atoms with Crippen LogP contribution in [0.15, 0.2) is 12.1 Å². The molecule has 0 heterocycles. The number of Topliss-reactive ketones (excluding diaryl/α,β-unsaturated/α-hetero) is 1. The third-order valence-corrected chi connectivity index (χ3v) is 2.77. The maximum absolute atomic E-state index is 11.2. The molecule has 0 saturated heterocycles. The van der Waals surface area contributed by atoms with Crippen LogP contribution >= 0.6 is 22.6 Å². The standard InChI is InChI=1S/C10H10INO4/c1-3-16-10-5-9(12(14)15)7(6(2)13)4-8(10)11/h4-5H,3H2,1-2H3. The number of halogens is 1. The van der Waals surface area contributed by atoms with Crippen molar-refractivity contribution in [2.24, 2.45) is 0 Å². The highest BCUT2D eigenvalue weighted by Gasteiger charge is 2.20. The maximum atomic E-state index is 11.2. The highest BCUT2D eigenvalue weighted by atomic mass is 127. The Balaban J connectivity index is 3.37. The van der Waals surface area contributed by atoms with Crippen molar-refractivity contribution in [3.05, 3.63) is 31.4 Å². The van der Waals surface area contributed by atoms with E-state index < -0.39 is 4.92 Å². The van der Waals surface area contributed by atoms with Gasteiger partial charge in [-0.3, -0.25) is 14.9 Å². The summed E-state index contributed by atoms with van der Waals surface area (Å²) in [6.07, 6.45) is 0. The van der Waals surface area contributed by atoms with Crippen molar-refractivity contribution in [1.29, 1.82) is 0 Å². The Morgan fingerprint density at radius 2 is 2.19 bits per heavy atom. The van der Waals surface area contributed by atoms with Gasteiger partial charge in [-0.05, 0) is 42.5 Å². The minimum Gasteiger partial charge on any atom is -0.493 e. The molecule has 0 radical (unpaired) electrons. The molecular weight excluding hydrogens is 325 g/mol. The third-order valence-electron chi connectivity index (χ3n) is 1.93. The van der Waals surface area contributed by atoms with Crippen LogP contribution in [-0.2, 0) is 0 Å². The van der Waals surface area contributed by atoms with Gasteiger partial charge in [0.1, 0.15) is 5.75 Å². The van der Waals surface area contributed by atoms with Crippen molar-refractivity contribution in [3.8, 4) is 5.75 Å². The first-order chi connectivity index (χ1) is 7.47. The summed E-state index contributed by atoms with van der Waals surface area (Å²) in [6, 6.07) is 2.77. The van der Waals surface area contributed by atoms with Crippen molar-refractivity contribution in [2.75, 3.05) is 6.61 Å². The number of nitro benzene ring substituents is 1. The molecule has 0 aliphatic carbocycles. The number of carbonyl (C=O) groups is 1. The number of ketones is 1. The number of ether oxygens (including phenoxy) is 1. The fourth-order valence-corrected chi connectivity index (χ4v) is 1.86. The van der Waals surface area contributed by atoms with Crippen LogP contribution in [0.1, 0.15) is 24.2 Å². The molecule has 0 N–H and O–H groups in total. The van der Waals surface area contributed by atoms with Crippen LogP contribution in [0.25, 0.3) is 0 Å². The average Bonchev–Trinajstić information content (AvgIpc) is 2.20. The molecule has 16 heavy (non-hydrogen) atoms. The van der Waals surface area contributed by atoms with Gasteiger partial charge in [0.05, 0.1) is 26.7 Å². The van der Waals surface area contributed by atoms with Crippen molar-refractivity contribution < 1.29 is 14.5 Å². The summed E-state index contributed by atoms with van der Waals surface area (Å²) < 4.78 is 5.93. The van der Waals surface area contributed by atoms with Gasteiger partial charge in [0.25, 0.3) is 5.69 Å². The fraction of sp³-hybridized carbons (Fsp3) is 0.300. The lowest BCUT2D eigenvalue weighted by atomic mass is 10.1. The monoisotopic (exact) mass is 335 g/mol. The normalized spacial score (nSPS) is 9.94. The molecule has 0 fully saturated rings. The molecule has 0 unspecified atom stereocenters. The van der Waals surface area contributed by atoms with Crippen LogP contribution < -0.4 is 4.74 Å². The van der Waals surface area contributed by atoms with E-state index in [1.165, 1.54) is 19.1 Å². The summed E-state index contributed by atoms with van der Waals surface area (Å²) in [6.45, 7) is 3.52. The Labute approximate surface area is 106 Å². The molecule has 1 rings (SSSR count). The van der Waals surface area contributed by atoms with Crippen molar-refractivity contribution in [2.45, 2.75) is 13.8 Å². The van der Waals surface area contributed by atoms with E-state index in [1.54, 1.807) is 6.92 Å². The third kappa shape index (κ3) is 2.69.